The summed E-state index contributed by atoms with van der Waals surface area (Å²) >= 11 is 0. The average molecular weight is 285 g/mol. The molecule has 5 heteroatoms. The van der Waals surface area contributed by atoms with Crippen molar-refractivity contribution in [3.05, 3.63) is 23.3 Å². The van der Waals surface area contributed by atoms with Crippen LogP contribution < -0.4 is 15.2 Å². The molecule has 0 aliphatic rings. The van der Waals surface area contributed by atoms with Crippen molar-refractivity contribution in [1.29, 1.82) is 0 Å². The van der Waals surface area contributed by atoms with E-state index in [1.807, 2.05) is 19.1 Å². The van der Waals surface area contributed by atoms with Gasteiger partial charge in [-0.3, -0.25) is 4.21 Å². The molecule has 0 spiro atoms. The highest BCUT2D eigenvalue weighted by Gasteiger charge is 2.12. The lowest BCUT2D eigenvalue weighted by atomic mass is 10.0. The van der Waals surface area contributed by atoms with Crippen LogP contribution in [0.15, 0.2) is 12.1 Å². The SMILES string of the molecule is COc1cc(CC(C)N)c(OC)cc1CCS(C)=O. The van der Waals surface area contributed by atoms with E-state index in [9.17, 15) is 4.21 Å². The van der Waals surface area contributed by atoms with Crippen LogP contribution in [0.2, 0.25) is 0 Å². The Hall–Kier alpha value is -1.07. The Morgan fingerprint density at radius 1 is 1.21 bits per heavy atom. The second-order valence-corrected chi connectivity index (χ2v) is 6.24. The zero-order valence-corrected chi connectivity index (χ0v) is 12.9. The molecule has 0 heterocycles. The molecular weight excluding hydrogens is 262 g/mol. The van der Waals surface area contributed by atoms with Gasteiger partial charge in [0.2, 0.25) is 0 Å². The predicted octanol–water partition coefficient (Wildman–Crippen LogP) is 1.51. The first kappa shape index (κ1) is 16.0. The quantitative estimate of drug-likeness (QED) is 0.825. The van der Waals surface area contributed by atoms with Crippen molar-refractivity contribution in [2.45, 2.75) is 25.8 Å². The molecule has 2 N–H and O–H groups in total. The average Bonchev–Trinajstić information content (AvgIpc) is 2.35. The molecule has 108 valence electrons. The predicted molar refractivity (Wildman–Crippen MR) is 79.5 cm³/mol. The molecule has 0 fully saturated rings. The molecule has 0 aliphatic carbocycles. The van der Waals surface area contributed by atoms with Crippen LogP contribution in [-0.2, 0) is 23.6 Å². The molecule has 2 unspecified atom stereocenters. The minimum absolute atomic E-state index is 0.0626. The summed E-state index contributed by atoms with van der Waals surface area (Å²) in [4.78, 5) is 0. The normalized spacial score (nSPS) is 13.9. The highest BCUT2D eigenvalue weighted by atomic mass is 32.2. The van der Waals surface area contributed by atoms with Crippen molar-refractivity contribution in [3.8, 4) is 11.5 Å². The van der Waals surface area contributed by atoms with Gasteiger partial charge in [-0.05, 0) is 43.0 Å². The maximum atomic E-state index is 11.2. The van der Waals surface area contributed by atoms with Crippen LogP contribution >= 0.6 is 0 Å². The summed E-state index contributed by atoms with van der Waals surface area (Å²) < 4.78 is 22.0. The van der Waals surface area contributed by atoms with Gasteiger partial charge in [0.15, 0.2) is 0 Å². The molecule has 19 heavy (non-hydrogen) atoms. The van der Waals surface area contributed by atoms with Crippen LogP contribution in [0.3, 0.4) is 0 Å². The molecule has 0 aliphatic heterocycles. The third-order valence-corrected chi connectivity index (χ3v) is 3.66. The minimum Gasteiger partial charge on any atom is -0.496 e. The smallest absolute Gasteiger partial charge is 0.122 e. The fourth-order valence-corrected chi connectivity index (χ4v) is 2.49. The summed E-state index contributed by atoms with van der Waals surface area (Å²) in [6.45, 7) is 1.96. The lowest BCUT2D eigenvalue weighted by Gasteiger charge is -2.16. The van der Waals surface area contributed by atoms with E-state index in [4.69, 9.17) is 15.2 Å². The number of ether oxygens (including phenoxy) is 2. The lowest BCUT2D eigenvalue weighted by Crippen LogP contribution is -2.18. The second-order valence-electron chi connectivity index (χ2n) is 4.68. The van der Waals surface area contributed by atoms with E-state index >= 15 is 0 Å². The van der Waals surface area contributed by atoms with Crippen molar-refractivity contribution in [2.75, 3.05) is 26.2 Å². The Morgan fingerprint density at radius 3 is 2.21 bits per heavy atom. The van der Waals surface area contributed by atoms with E-state index < -0.39 is 10.8 Å². The van der Waals surface area contributed by atoms with Crippen LogP contribution in [0.25, 0.3) is 0 Å². The highest BCUT2D eigenvalue weighted by molar-refractivity contribution is 7.84. The topological polar surface area (TPSA) is 61.6 Å². The Labute approximate surface area is 117 Å². The van der Waals surface area contributed by atoms with E-state index in [1.54, 1.807) is 20.5 Å². The molecule has 0 bridgehead atoms. The molecule has 2 atom stereocenters. The number of rotatable bonds is 7. The van der Waals surface area contributed by atoms with E-state index in [0.717, 1.165) is 29.0 Å². The Kier molecular flexibility index (Phi) is 6.31. The maximum Gasteiger partial charge on any atom is 0.122 e. The molecule has 0 saturated heterocycles. The van der Waals surface area contributed by atoms with Gasteiger partial charge >= 0.3 is 0 Å². The molecule has 1 rings (SSSR count). The molecular formula is C14H23NO3S. The molecule has 4 nitrogen and oxygen atoms in total. The summed E-state index contributed by atoms with van der Waals surface area (Å²) in [6, 6.07) is 3.99. The fraction of sp³-hybridized carbons (Fsp3) is 0.571. The maximum absolute atomic E-state index is 11.2. The first-order chi connectivity index (χ1) is 8.97. The summed E-state index contributed by atoms with van der Waals surface area (Å²) in [6.07, 6.45) is 3.15. The zero-order valence-electron chi connectivity index (χ0n) is 12.1. The van der Waals surface area contributed by atoms with Gasteiger partial charge in [0.1, 0.15) is 11.5 Å². The molecule has 0 aromatic heterocycles. The van der Waals surface area contributed by atoms with E-state index in [1.165, 1.54) is 0 Å². The molecule has 0 saturated carbocycles. The number of methoxy groups -OCH3 is 2. The summed E-state index contributed by atoms with van der Waals surface area (Å²) in [5.74, 6) is 2.24. The van der Waals surface area contributed by atoms with E-state index in [0.29, 0.717) is 12.2 Å². The summed E-state index contributed by atoms with van der Waals surface area (Å²) in [5.41, 5.74) is 7.89. The van der Waals surface area contributed by atoms with E-state index in [-0.39, 0.29) is 6.04 Å². The van der Waals surface area contributed by atoms with Gasteiger partial charge in [0, 0.05) is 28.9 Å². The molecule has 1 aromatic carbocycles. The Bertz CT molecular complexity index is 447. The number of hydrogen-bond acceptors (Lipinski definition) is 4. The van der Waals surface area contributed by atoms with Crippen molar-refractivity contribution >= 4 is 10.8 Å². The Balaban J connectivity index is 3.07. The fourth-order valence-electron chi connectivity index (χ4n) is 1.98. The first-order valence-corrected chi connectivity index (χ1v) is 8.00. The van der Waals surface area contributed by atoms with Crippen molar-refractivity contribution in [1.82, 2.24) is 0 Å². The number of aryl methyl sites for hydroxylation is 1. The second kappa shape index (κ2) is 7.50. The first-order valence-electron chi connectivity index (χ1n) is 6.27. The largest absolute Gasteiger partial charge is 0.496 e. The highest BCUT2D eigenvalue weighted by Crippen LogP contribution is 2.30. The number of hydrogen-bond donors (Lipinski definition) is 1. The molecule has 0 amide bonds. The van der Waals surface area contributed by atoms with Crippen LogP contribution in [0.4, 0.5) is 0 Å². The van der Waals surface area contributed by atoms with Crippen LogP contribution in [0.1, 0.15) is 18.1 Å². The Morgan fingerprint density at radius 2 is 1.74 bits per heavy atom. The summed E-state index contributed by atoms with van der Waals surface area (Å²) in [5, 5.41) is 0. The molecule has 0 radical (unpaired) electrons. The van der Waals surface area contributed by atoms with E-state index in [2.05, 4.69) is 0 Å². The molecule has 1 aromatic rings. The monoisotopic (exact) mass is 285 g/mol. The zero-order chi connectivity index (χ0) is 14.4. The van der Waals surface area contributed by atoms with Gasteiger partial charge in [0.05, 0.1) is 14.2 Å². The minimum atomic E-state index is -0.816. The summed E-state index contributed by atoms with van der Waals surface area (Å²) in [7, 11) is 2.47. The van der Waals surface area contributed by atoms with Gasteiger partial charge in [0.25, 0.3) is 0 Å². The number of nitrogens with two attached hydrogens (primary N) is 1. The standard InChI is InChI=1S/C14H23NO3S/c1-10(15)7-12-9-13(17-2)11(5-6-19(4)16)8-14(12)18-3/h8-10H,5-7,15H2,1-4H3. The van der Waals surface area contributed by atoms with Crippen molar-refractivity contribution < 1.29 is 13.7 Å². The van der Waals surface area contributed by atoms with Gasteiger partial charge in [-0.25, -0.2) is 0 Å². The van der Waals surface area contributed by atoms with Gasteiger partial charge in [-0.2, -0.15) is 0 Å². The number of benzene rings is 1. The third kappa shape index (κ3) is 4.84. The third-order valence-electron chi connectivity index (χ3n) is 2.88. The van der Waals surface area contributed by atoms with Crippen LogP contribution in [-0.4, -0.2) is 36.5 Å². The van der Waals surface area contributed by atoms with Gasteiger partial charge in [-0.1, -0.05) is 0 Å². The lowest BCUT2D eigenvalue weighted by molar-refractivity contribution is 0.394. The van der Waals surface area contributed by atoms with Crippen molar-refractivity contribution in [3.63, 3.8) is 0 Å². The van der Waals surface area contributed by atoms with Gasteiger partial charge in [-0.15, -0.1) is 0 Å². The van der Waals surface area contributed by atoms with Crippen LogP contribution in [0, 0.1) is 0 Å². The van der Waals surface area contributed by atoms with Crippen LogP contribution in [0.5, 0.6) is 11.5 Å². The van der Waals surface area contributed by atoms with Crippen molar-refractivity contribution in [2.24, 2.45) is 5.73 Å². The van der Waals surface area contributed by atoms with Gasteiger partial charge < -0.3 is 15.2 Å².